The normalized spacial score (nSPS) is 22.6. The van der Waals surface area contributed by atoms with Gasteiger partial charge < -0.3 is 20.6 Å². The van der Waals surface area contributed by atoms with Crippen LogP contribution in [0, 0.1) is 0 Å². The number of hydrogen-bond acceptors (Lipinski definition) is 4. The van der Waals surface area contributed by atoms with Crippen LogP contribution in [-0.2, 0) is 0 Å². The van der Waals surface area contributed by atoms with Crippen molar-refractivity contribution >= 4 is 0 Å². The van der Waals surface area contributed by atoms with Gasteiger partial charge in [-0.05, 0) is 32.4 Å². The summed E-state index contributed by atoms with van der Waals surface area (Å²) in [7, 11) is 0. The maximum atomic E-state index is 10.1. The van der Waals surface area contributed by atoms with Crippen LogP contribution in [0.2, 0.25) is 0 Å². The van der Waals surface area contributed by atoms with Crippen molar-refractivity contribution < 1.29 is 5.11 Å². The molecule has 0 bridgehead atoms. The summed E-state index contributed by atoms with van der Waals surface area (Å²) in [5.41, 5.74) is 4.97. The Labute approximate surface area is 106 Å². The monoisotopic (exact) mass is 243 g/mol. The standard InChI is InChI=1S/C13H29N3O/c1-3-13(17,12-14)6-5-7-16-10-8-15(4-2)9-11-16/h17H,3-12,14H2,1-2H3. The number of nitrogens with two attached hydrogens (primary N) is 1. The highest BCUT2D eigenvalue weighted by atomic mass is 16.3. The second kappa shape index (κ2) is 7.31. The van der Waals surface area contributed by atoms with E-state index in [1.807, 2.05) is 6.92 Å². The number of rotatable bonds is 7. The molecule has 0 aromatic carbocycles. The summed E-state index contributed by atoms with van der Waals surface area (Å²) >= 11 is 0. The molecule has 1 unspecified atom stereocenters. The number of likely N-dealkylation sites (N-methyl/N-ethyl adjacent to an activating group) is 1. The van der Waals surface area contributed by atoms with Gasteiger partial charge in [0.15, 0.2) is 0 Å². The minimum Gasteiger partial charge on any atom is -0.389 e. The maximum absolute atomic E-state index is 10.1. The van der Waals surface area contributed by atoms with Crippen LogP contribution in [0.4, 0.5) is 0 Å². The van der Waals surface area contributed by atoms with E-state index in [-0.39, 0.29) is 0 Å². The predicted molar refractivity (Wildman–Crippen MR) is 72.1 cm³/mol. The van der Waals surface area contributed by atoms with E-state index in [0.717, 1.165) is 32.4 Å². The Balaban J connectivity index is 2.15. The fraction of sp³-hybridized carbons (Fsp3) is 1.00. The zero-order chi connectivity index (χ0) is 12.7. The highest BCUT2D eigenvalue weighted by molar-refractivity contribution is 4.79. The predicted octanol–water partition coefficient (Wildman–Crippen LogP) is 0.504. The average Bonchev–Trinajstić information content (AvgIpc) is 2.39. The zero-order valence-electron chi connectivity index (χ0n) is 11.5. The summed E-state index contributed by atoms with van der Waals surface area (Å²) in [4.78, 5) is 4.98. The van der Waals surface area contributed by atoms with Gasteiger partial charge in [0.05, 0.1) is 5.60 Å². The van der Waals surface area contributed by atoms with Gasteiger partial charge in [-0.1, -0.05) is 13.8 Å². The summed E-state index contributed by atoms with van der Waals surface area (Å²) in [6.45, 7) is 11.6. The Kier molecular flexibility index (Phi) is 6.41. The Bertz CT molecular complexity index is 199. The second-order valence-corrected chi connectivity index (χ2v) is 5.16. The van der Waals surface area contributed by atoms with Gasteiger partial charge in [0.25, 0.3) is 0 Å². The molecule has 17 heavy (non-hydrogen) atoms. The summed E-state index contributed by atoms with van der Waals surface area (Å²) in [6.07, 6.45) is 2.63. The molecule has 1 fully saturated rings. The van der Waals surface area contributed by atoms with Crippen molar-refractivity contribution in [1.82, 2.24) is 9.80 Å². The van der Waals surface area contributed by atoms with Crippen molar-refractivity contribution in [2.75, 3.05) is 45.8 Å². The first-order valence-electron chi connectivity index (χ1n) is 7.00. The number of nitrogens with zero attached hydrogens (tertiary/aromatic N) is 2. The van der Waals surface area contributed by atoms with Crippen molar-refractivity contribution in [2.45, 2.75) is 38.7 Å². The van der Waals surface area contributed by atoms with Crippen LogP contribution >= 0.6 is 0 Å². The molecule has 0 aromatic rings. The number of piperazine rings is 1. The molecule has 0 amide bonds. The van der Waals surface area contributed by atoms with Gasteiger partial charge in [-0.15, -0.1) is 0 Å². The van der Waals surface area contributed by atoms with Crippen molar-refractivity contribution in [3.05, 3.63) is 0 Å². The fourth-order valence-electron chi connectivity index (χ4n) is 2.38. The third-order valence-corrected chi connectivity index (χ3v) is 4.07. The Morgan fingerprint density at radius 2 is 1.71 bits per heavy atom. The van der Waals surface area contributed by atoms with Crippen molar-refractivity contribution in [3.8, 4) is 0 Å². The van der Waals surface area contributed by atoms with Crippen LogP contribution in [0.1, 0.15) is 33.1 Å². The van der Waals surface area contributed by atoms with Crippen molar-refractivity contribution in [3.63, 3.8) is 0 Å². The molecule has 0 spiro atoms. The zero-order valence-corrected chi connectivity index (χ0v) is 11.5. The van der Waals surface area contributed by atoms with E-state index < -0.39 is 5.60 Å². The first-order chi connectivity index (χ1) is 8.13. The van der Waals surface area contributed by atoms with Crippen LogP contribution in [0.25, 0.3) is 0 Å². The highest BCUT2D eigenvalue weighted by Gasteiger charge is 2.22. The van der Waals surface area contributed by atoms with E-state index in [0.29, 0.717) is 6.54 Å². The van der Waals surface area contributed by atoms with E-state index in [4.69, 9.17) is 5.73 Å². The number of hydrogen-bond donors (Lipinski definition) is 2. The molecule has 0 aliphatic carbocycles. The summed E-state index contributed by atoms with van der Waals surface area (Å²) in [5.74, 6) is 0. The van der Waals surface area contributed by atoms with Crippen LogP contribution in [0.3, 0.4) is 0 Å². The molecule has 1 heterocycles. The molecule has 0 saturated carbocycles. The molecular weight excluding hydrogens is 214 g/mol. The molecule has 4 heteroatoms. The highest BCUT2D eigenvalue weighted by Crippen LogP contribution is 2.16. The van der Waals surface area contributed by atoms with E-state index >= 15 is 0 Å². The van der Waals surface area contributed by atoms with E-state index in [1.54, 1.807) is 0 Å². The minimum absolute atomic E-state index is 0.382. The molecule has 1 aliphatic rings. The minimum atomic E-state index is -0.634. The second-order valence-electron chi connectivity index (χ2n) is 5.16. The molecule has 0 aromatic heterocycles. The topological polar surface area (TPSA) is 52.7 Å². The molecule has 1 atom stereocenters. The lowest BCUT2D eigenvalue weighted by molar-refractivity contribution is 0.0297. The lowest BCUT2D eigenvalue weighted by atomic mass is 9.95. The Hall–Kier alpha value is -0.160. The van der Waals surface area contributed by atoms with Crippen LogP contribution in [0.5, 0.6) is 0 Å². The SMILES string of the molecule is CCN1CCN(CCCC(O)(CC)CN)CC1. The van der Waals surface area contributed by atoms with Crippen molar-refractivity contribution in [1.29, 1.82) is 0 Å². The summed E-state index contributed by atoms with van der Waals surface area (Å²) in [6, 6.07) is 0. The summed E-state index contributed by atoms with van der Waals surface area (Å²) in [5, 5.41) is 10.1. The van der Waals surface area contributed by atoms with Crippen LogP contribution in [-0.4, -0.2) is 66.3 Å². The molecular formula is C13H29N3O. The number of aliphatic hydroxyl groups is 1. The lowest BCUT2D eigenvalue weighted by Gasteiger charge is -2.34. The Morgan fingerprint density at radius 1 is 1.12 bits per heavy atom. The van der Waals surface area contributed by atoms with Gasteiger partial charge in [-0.2, -0.15) is 0 Å². The molecule has 102 valence electrons. The van der Waals surface area contributed by atoms with Gasteiger partial charge in [0.2, 0.25) is 0 Å². The molecule has 3 N–H and O–H groups in total. The lowest BCUT2D eigenvalue weighted by Crippen LogP contribution is -2.46. The average molecular weight is 243 g/mol. The Morgan fingerprint density at radius 3 is 2.18 bits per heavy atom. The summed E-state index contributed by atoms with van der Waals surface area (Å²) < 4.78 is 0. The van der Waals surface area contributed by atoms with Crippen LogP contribution < -0.4 is 5.73 Å². The maximum Gasteiger partial charge on any atom is 0.0767 e. The van der Waals surface area contributed by atoms with Gasteiger partial charge >= 0.3 is 0 Å². The molecule has 4 nitrogen and oxygen atoms in total. The quantitative estimate of drug-likeness (QED) is 0.684. The van der Waals surface area contributed by atoms with Crippen LogP contribution in [0.15, 0.2) is 0 Å². The molecule has 1 aliphatic heterocycles. The molecule has 0 radical (unpaired) electrons. The van der Waals surface area contributed by atoms with Crippen molar-refractivity contribution in [2.24, 2.45) is 5.73 Å². The van der Waals surface area contributed by atoms with E-state index in [2.05, 4.69) is 16.7 Å². The fourth-order valence-corrected chi connectivity index (χ4v) is 2.38. The van der Waals surface area contributed by atoms with Gasteiger partial charge in [0.1, 0.15) is 0 Å². The third-order valence-electron chi connectivity index (χ3n) is 4.07. The van der Waals surface area contributed by atoms with E-state index in [1.165, 1.54) is 26.2 Å². The van der Waals surface area contributed by atoms with E-state index in [9.17, 15) is 5.11 Å². The first-order valence-corrected chi connectivity index (χ1v) is 7.00. The van der Waals surface area contributed by atoms with Gasteiger partial charge in [-0.25, -0.2) is 0 Å². The smallest absolute Gasteiger partial charge is 0.0767 e. The molecule has 1 rings (SSSR count). The largest absolute Gasteiger partial charge is 0.389 e. The van der Waals surface area contributed by atoms with Gasteiger partial charge in [-0.3, -0.25) is 0 Å². The van der Waals surface area contributed by atoms with Gasteiger partial charge in [0, 0.05) is 32.7 Å². The third kappa shape index (κ3) is 4.92. The molecule has 1 saturated heterocycles. The first kappa shape index (κ1) is 14.9.